The summed E-state index contributed by atoms with van der Waals surface area (Å²) in [5.41, 5.74) is 3.91. The second-order valence-corrected chi connectivity index (χ2v) is 5.57. The second kappa shape index (κ2) is 5.81. The van der Waals surface area contributed by atoms with Gasteiger partial charge in [0.25, 0.3) is 0 Å². The van der Waals surface area contributed by atoms with Crippen LogP contribution in [-0.2, 0) is 4.74 Å². The van der Waals surface area contributed by atoms with Crippen molar-refractivity contribution in [3.63, 3.8) is 0 Å². The van der Waals surface area contributed by atoms with Crippen molar-refractivity contribution in [3.8, 4) is 11.1 Å². The van der Waals surface area contributed by atoms with Gasteiger partial charge >= 0.3 is 0 Å². The number of pyridine rings is 1. The van der Waals surface area contributed by atoms with Gasteiger partial charge in [0.1, 0.15) is 6.26 Å². The molecular weight excluding hydrogens is 276 g/mol. The first-order valence-electron chi connectivity index (χ1n) is 7.69. The van der Waals surface area contributed by atoms with Crippen molar-refractivity contribution in [2.24, 2.45) is 0 Å². The predicted octanol–water partition coefficient (Wildman–Crippen LogP) is 4.09. The maximum atomic E-state index is 5.68. The maximum Gasteiger partial charge on any atom is 0.228 e. The Bertz CT molecular complexity index is 761. The molecule has 0 spiro atoms. The highest BCUT2D eigenvalue weighted by Crippen LogP contribution is 2.34. The molecule has 0 radical (unpaired) electrons. The molecule has 0 bridgehead atoms. The molecule has 22 heavy (non-hydrogen) atoms. The zero-order valence-electron chi connectivity index (χ0n) is 12.3. The lowest BCUT2D eigenvalue weighted by molar-refractivity contribution is 0.120. The van der Waals surface area contributed by atoms with Gasteiger partial charge in [-0.3, -0.25) is 0 Å². The molecule has 4 heteroatoms. The Balaban J connectivity index is 1.70. The molecule has 112 valence electrons. The molecular formula is C18H18N2O2. The van der Waals surface area contributed by atoms with Crippen molar-refractivity contribution >= 4 is 16.8 Å². The van der Waals surface area contributed by atoms with E-state index < -0.39 is 0 Å². The lowest BCUT2D eigenvalue weighted by Crippen LogP contribution is -2.18. The van der Waals surface area contributed by atoms with Crippen LogP contribution in [0.1, 0.15) is 12.8 Å². The number of fused-ring (bicyclic) bond motifs is 1. The van der Waals surface area contributed by atoms with Gasteiger partial charge in [0.2, 0.25) is 5.71 Å². The van der Waals surface area contributed by atoms with Gasteiger partial charge in [-0.1, -0.05) is 30.3 Å². The number of furan rings is 1. The zero-order valence-corrected chi connectivity index (χ0v) is 12.3. The molecule has 0 aliphatic carbocycles. The average Bonchev–Trinajstić information content (AvgIpc) is 3.23. The van der Waals surface area contributed by atoms with Crippen LogP contribution in [0.25, 0.3) is 22.2 Å². The van der Waals surface area contributed by atoms with Crippen molar-refractivity contribution in [3.05, 3.63) is 48.9 Å². The van der Waals surface area contributed by atoms with E-state index >= 15 is 0 Å². The minimum Gasteiger partial charge on any atom is -0.445 e. The van der Waals surface area contributed by atoms with Gasteiger partial charge in [0.15, 0.2) is 0 Å². The van der Waals surface area contributed by atoms with Gasteiger partial charge in [-0.25, -0.2) is 4.98 Å². The molecule has 1 fully saturated rings. The molecule has 2 aromatic heterocycles. The highest BCUT2D eigenvalue weighted by molar-refractivity contribution is 6.01. The van der Waals surface area contributed by atoms with E-state index in [9.17, 15) is 0 Å². The standard InChI is InChI=1S/C18H18N2O2/c1-2-5-13(6-3-1)15-12-22-18-17(15)16(8-9-19-18)20-11-14-7-4-10-21-14/h1-3,5-6,8-9,12,14H,4,7,10-11H2,(H,19,20)/t14-/m0/s1. The Labute approximate surface area is 129 Å². The molecule has 1 saturated heterocycles. The normalized spacial score (nSPS) is 17.9. The highest BCUT2D eigenvalue weighted by Gasteiger charge is 2.17. The fourth-order valence-corrected chi connectivity index (χ4v) is 2.97. The minimum atomic E-state index is 0.301. The summed E-state index contributed by atoms with van der Waals surface area (Å²) in [5, 5.41) is 4.53. The van der Waals surface area contributed by atoms with E-state index in [1.165, 1.54) is 0 Å². The third kappa shape index (κ3) is 2.46. The average molecular weight is 294 g/mol. The van der Waals surface area contributed by atoms with Crippen molar-refractivity contribution in [2.45, 2.75) is 18.9 Å². The van der Waals surface area contributed by atoms with Gasteiger partial charge in [-0.15, -0.1) is 0 Å². The first-order valence-corrected chi connectivity index (χ1v) is 7.69. The largest absolute Gasteiger partial charge is 0.445 e. The lowest BCUT2D eigenvalue weighted by atomic mass is 10.0. The zero-order chi connectivity index (χ0) is 14.8. The minimum absolute atomic E-state index is 0.301. The quantitative estimate of drug-likeness (QED) is 0.787. The summed E-state index contributed by atoms with van der Waals surface area (Å²) in [7, 11) is 0. The van der Waals surface area contributed by atoms with Gasteiger partial charge < -0.3 is 14.5 Å². The Morgan fingerprint density at radius 2 is 2.09 bits per heavy atom. The number of hydrogen-bond acceptors (Lipinski definition) is 4. The number of hydrogen-bond donors (Lipinski definition) is 1. The summed E-state index contributed by atoms with van der Waals surface area (Å²) in [6, 6.07) is 12.2. The highest BCUT2D eigenvalue weighted by atomic mass is 16.5. The monoisotopic (exact) mass is 294 g/mol. The molecule has 1 aliphatic rings. The van der Waals surface area contributed by atoms with Crippen LogP contribution < -0.4 is 5.32 Å². The van der Waals surface area contributed by atoms with Crippen molar-refractivity contribution in [2.75, 3.05) is 18.5 Å². The lowest BCUT2D eigenvalue weighted by Gasteiger charge is -2.13. The summed E-state index contributed by atoms with van der Waals surface area (Å²) in [6.07, 6.45) is 6.13. The summed E-state index contributed by atoms with van der Waals surface area (Å²) < 4.78 is 11.3. The summed E-state index contributed by atoms with van der Waals surface area (Å²) in [6.45, 7) is 1.69. The van der Waals surface area contributed by atoms with E-state index in [-0.39, 0.29) is 0 Å². The Hall–Kier alpha value is -2.33. The maximum absolute atomic E-state index is 5.68. The summed E-state index contributed by atoms with van der Waals surface area (Å²) in [5.74, 6) is 0. The smallest absolute Gasteiger partial charge is 0.228 e. The molecule has 3 aromatic rings. The molecule has 0 saturated carbocycles. The molecule has 0 amide bonds. The number of rotatable bonds is 4. The van der Waals surface area contributed by atoms with Crippen LogP contribution in [0, 0.1) is 0 Å². The van der Waals surface area contributed by atoms with E-state index in [1.54, 1.807) is 12.5 Å². The van der Waals surface area contributed by atoms with Gasteiger partial charge in [-0.05, 0) is 24.5 Å². The molecule has 4 rings (SSSR count). The molecule has 1 aliphatic heterocycles. The number of anilines is 1. The predicted molar refractivity (Wildman–Crippen MR) is 86.9 cm³/mol. The number of nitrogens with one attached hydrogen (secondary N) is 1. The van der Waals surface area contributed by atoms with Gasteiger partial charge in [-0.2, -0.15) is 0 Å². The molecule has 1 N–H and O–H groups in total. The van der Waals surface area contributed by atoms with Gasteiger partial charge in [0.05, 0.1) is 11.5 Å². The Kier molecular flexibility index (Phi) is 3.52. The van der Waals surface area contributed by atoms with E-state index in [1.807, 2.05) is 24.3 Å². The molecule has 1 aromatic carbocycles. The van der Waals surface area contributed by atoms with Crippen molar-refractivity contribution < 1.29 is 9.15 Å². The Morgan fingerprint density at radius 1 is 1.18 bits per heavy atom. The van der Waals surface area contributed by atoms with Crippen LogP contribution in [0.5, 0.6) is 0 Å². The van der Waals surface area contributed by atoms with Crippen LogP contribution in [0.2, 0.25) is 0 Å². The fourth-order valence-electron chi connectivity index (χ4n) is 2.97. The third-order valence-corrected chi connectivity index (χ3v) is 4.10. The SMILES string of the molecule is c1ccc(-c2coc3nccc(NC[C@@H]4CCCO4)c23)cc1. The number of aromatic nitrogens is 1. The van der Waals surface area contributed by atoms with Crippen molar-refractivity contribution in [1.82, 2.24) is 4.98 Å². The topological polar surface area (TPSA) is 47.3 Å². The molecule has 1 atom stereocenters. The first-order chi connectivity index (χ1) is 10.9. The van der Waals surface area contributed by atoms with Gasteiger partial charge in [0, 0.05) is 30.6 Å². The number of nitrogens with zero attached hydrogens (tertiary/aromatic N) is 1. The van der Waals surface area contributed by atoms with Crippen LogP contribution in [0.15, 0.2) is 53.3 Å². The third-order valence-electron chi connectivity index (χ3n) is 4.10. The Morgan fingerprint density at radius 3 is 2.91 bits per heavy atom. The molecule has 0 unspecified atom stereocenters. The number of benzene rings is 1. The van der Waals surface area contributed by atoms with E-state index in [4.69, 9.17) is 9.15 Å². The van der Waals surface area contributed by atoms with E-state index in [2.05, 4.69) is 22.4 Å². The van der Waals surface area contributed by atoms with Crippen LogP contribution >= 0.6 is 0 Å². The van der Waals surface area contributed by atoms with E-state index in [0.29, 0.717) is 11.8 Å². The van der Waals surface area contributed by atoms with E-state index in [0.717, 1.165) is 48.2 Å². The summed E-state index contributed by atoms with van der Waals surface area (Å²) in [4.78, 5) is 4.33. The molecule has 4 nitrogen and oxygen atoms in total. The fraction of sp³-hybridized carbons (Fsp3) is 0.278. The summed E-state index contributed by atoms with van der Waals surface area (Å²) >= 11 is 0. The van der Waals surface area contributed by atoms with Crippen LogP contribution in [-0.4, -0.2) is 24.2 Å². The van der Waals surface area contributed by atoms with Crippen LogP contribution in [0.3, 0.4) is 0 Å². The number of ether oxygens (including phenoxy) is 1. The van der Waals surface area contributed by atoms with Crippen LogP contribution in [0.4, 0.5) is 5.69 Å². The van der Waals surface area contributed by atoms with Crippen molar-refractivity contribution in [1.29, 1.82) is 0 Å². The second-order valence-electron chi connectivity index (χ2n) is 5.57. The first kappa shape index (κ1) is 13.3. The molecule has 3 heterocycles.